The van der Waals surface area contributed by atoms with Crippen molar-refractivity contribution in [1.82, 2.24) is 0 Å². The van der Waals surface area contributed by atoms with E-state index in [4.69, 9.17) is 22.4 Å². The predicted octanol–water partition coefficient (Wildman–Crippen LogP) is 1.86. The highest BCUT2D eigenvalue weighted by Gasteiger charge is 2.60. The number of hydrogen-bond donors (Lipinski definition) is 2. The van der Waals surface area contributed by atoms with Gasteiger partial charge in [0, 0.05) is 17.5 Å². The zero-order valence-corrected chi connectivity index (χ0v) is 8.87. The van der Waals surface area contributed by atoms with Crippen LogP contribution < -0.4 is 5.73 Å². The maximum Gasteiger partial charge on any atom is 0.311 e. The van der Waals surface area contributed by atoms with Gasteiger partial charge in [0.2, 0.25) is 0 Å². The number of hydrogen-bond acceptors (Lipinski definition) is 2. The summed E-state index contributed by atoms with van der Waals surface area (Å²) in [7, 11) is 0. The van der Waals surface area contributed by atoms with E-state index in [0.717, 1.165) is 5.56 Å². The van der Waals surface area contributed by atoms with Gasteiger partial charge in [-0.2, -0.15) is 0 Å². The van der Waals surface area contributed by atoms with Crippen LogP contribution in [-0.4, -0.2) is 17.6 Å². The maximum absolute atomic E-state index is 11.1. The van der Waals surface area contributed by atoms with Gasteiger partial charge in [-0.1, -0.05) is 29.8 Å². The van der Waals surface area contributed by atoms with Crippen LogP contribution in [0.2, 0.25) is 5.02 Å². The zero-order chi connectivity index (χ0) is 11.1. The Morgan fingerprint density at radius 3 is 2.73 bits per heavy atom. The molecule has 3 nitrogen and oxygen atoms in total. The van der Waals surface area contributed by atoms with Crippen molar-refractivity contribution in [2.24, 2.45) is 11.1 Å². The van der Waals surface area contributed by atoms with Gasteiger partial charge >= 0.3 is 5.97 Å². The molecule has 2 atom stereocenters. The fourth-order valence-corrected chi connectivity index (χ4v) is 2.29. The third-order valence-corrected chi connectivity index (χ3v) is 3.49. The number of benzene rings is 1. The Morgan fingerprint density at radius 1 is 1.60 bits per heavy atom. The fraction of sp³-hybridized carbons (Fsp3) is 0.364. The summed E-state index contributed by atoms with van der Waals surface area (Å²) in [6, 6.07) is 7.34. The molecule has 1 fully saturated rings. The van der Waals surface area contributed by atoms with Gasteiger partial charge in [0.15, 0.2) is 0 Å². The number of halogens is 1. The Hall–Kier alpha value is -1.06. The van der Waals surface area contributed by atoms with E-state index in [1.165, 1.54) is 0 Å². The quantitative estimate of drug-likeness (QED) is 0.825. The summed E-state index contributed by atoms with van der Waals surface area (Å²) in [5, 5.41) is 9.73. The van der Waals surface area contributed by atoms with Crippen LogP contribution in [-0.2, 0) is 4.79 Å². The minimum absolute atomic E-state index is 0.0336. The summed E-state index contributed by atoms with van der Waals surface area (Å²) in [4.78, 5) is 11.1. The second kappa shape index (κ2) is 3.51. The standard InChI is InChI=1S/C11H12ClNO2/c12-9-4-2-1-3-7(9)8-5-11(8,6-13)10(14)15/h1-4,8H,5-6,13H2,(H,14,15). The molecule has 0 amide bonds. The fourth-order valence-electron chi connectivity index (χ4n) is 2.02. The lowest BCUT2D eigenvalue weighted by Gasteiger charge is -2.09. The summed E-state index contributed by atoms with van der Waals surface area (Å²) in [6.45, 7) is 0.165. The molecule has 3 N–H and O–H groups in total. The number of carboxylic acid groups (broad SMARTS) is 1. The Morgan fingerprint density at radius 2 is 2.27 bits per heavy atom. The van der Waals surface area contributed by atoms with Crippen LogP contribution in [0.5, 0.6) is 0 Å². The summed E-state index contributed by atoms with van der Waals surface area (Å²) >= 11 is 6.01. The molecule has 0 aliphatic heterocycles. The SMILES string of the molecule is NCC1(C(=O)O)CC1c1ccccc1Cl. The molecule has 0 aromatic heterocycles. The van der Waals surface area contributed by atoms with Gasteiger partial charge in [0.25, 0.3) is 0 Å². The predicted molar refractivity (Wildman–Crippen MR) is 57.9 cm³/mol. The van der Waals surface area contributed by atoms with E-state index < -0.39 is 11.4 Å². The Labute approximate surface area is 92.8 Å². The summed E-state index contributed by atoms with van der Waals surface area (Å²) in [6.07, 6.45) is 0.586. The highest BCUT2D eigenvalue weighted by Crippen LogP contribution is 2.59. The van der Waals surface area contributed by atoms with E-state index in [2.05, 4.69) is 0 Å². The molecule has 0 heterocycles. The van der Waals surface area contributed by atoms with Gasteiger partial charge in [-0.25, -0.2) is 0 Å². The minimum Gasteiger partial charge on any atom is -0.481 e. The smallest absolute Gasteiger partial charge is 0.311 e. The molecule has 1 aliphatic rings. The molecule has 15 heavy (non-hydrogen) atoms. The van der Waals surface area contributed by atoms with E-state index >= 15 is 0 Å². The number of aliphatic carboxylic acids is 1. The molecule has 1 saturated carbocycles. The molecular weight excluding hydrogens is 214 g/mol. The summed E-state index contributed by atoms with van der Waals surface area (Å²) < 4.78 is 0. The van der Waals surface area contributed by atoms with Gasteiger partial charge < -0.3 is 10.8 Å². The largest absolute Gasteiger partial charge is 0.481 e. The van der Waals surface area contributed by atoms with Crippen molar-refractivity contribution >= 4 is 17.6 Å². The first kappa shape index (κ1) is 10.5. The molecule has 2 unspecified atom stereocenters. The number of nitrogens with two attached hydrogens (primary N) is 1. The highest BCUT2D eigenvalue weighted by atomic mass is 35.5. The minimum atomic E-state index is -0.824. The first-order valence-corrected chi connectivity index (χ1v) is 5.17. The third kappa shape index (κ3) is 1.52. The topological polar surface area (TPSA) is 63.3 Å². The Kier molecular flexibility index (Phi) is 2.44. The van der Waals surface area contributed by atoms with Crippen molar-refractivity contribution in [3.8, 4) is 0 Å². The first-order valence-electron chi connectivity index (χ1n) is 4.80. The van der Waals surface area contributed by atoms with Crippen molar-refractivity contribution < 1.29 is 9.90 Å². The van der Waals surface area contributed by atoms with Crippen molar-refractivity contribution in [2.45, 2.75) is 12.3 Å². The molecule has 0 radical (unpaired) electrons. The van der Waals surface area contributed by atoms with Gasteiger partial charge in [-0.05, 0) is 18.1 Å². The van der Waals surface area contributed by atoms with Crippen molar-refractivity contribution in [3.05, 3.63) is 34.9 Å². The lowest BCUT2D eigenvalue weighted by molar-refractivity contribution is -0.143. The number of carboxylic acids is 1. The van der Waals surface area contributed by atoms with Crippen LogP contribution in [0.15, 0.2) is 24.3 Å². The monoisotopic (exact) mass is 225 g/mol. The molecular formula is C11H12ClNO2. The lowest BCUT2D eigenvalue weighted by atomic mass is 9.99. The highest BCUT2D eigenvalue weighted by molar-refractivity contribution is 6.31. The zero-order valence-electron chi connectivity index (χ0n) is 8.11. The first-order chi connectivity index (χ1) is 7.12. The second-order valence-corrected chi connectivity index (χ2v) is 4.35. The van der Waals surface area contributed by atoms with Crippen LogP contribution in [0.1, 0.15) is 17.9 Å². The van der Waals surface area contributed by atoms with Gasteiger partial charge in [0.05, 0.1) is 5.41 Å². The molecule has 1 aliphatic carbocycles. The molecule has 1 aromatic rings. The molecule has 0 bridgehead atoms. The second-order valence-electron chi connectivity index (χ2n) is 3.94. The van der Waals surface area contributed by atoms with E-state index in [1.807, 2.05) is 18.2 Å². The average Bonchev–Trinajstić information content (AvgIpc) is 2.94. The van der Waals surface area contributed by atoms with E-state index in [0.29, 0.717) is 11.4 Å². The van der Waals surface area contributed by atoms with Gasteiger partial charge in [-0.3, -0.25) is 4.79 Å². The molecule has 0 saturated heterocycles. The molecule has 1 aromatic carbocycles. The summed E-state index contributed by atoms with van der Waals surface area (Å²) in [5.41, 5.74) is 5.63. The molecule has 2 rings (SSSR count). The molecule has 80 valence electrons. The van der Waals surface area contributed by atoms with Crippen LogP contribution in [0.3, 0.4) is 0 Å². The normalized spacial score (nSPS) is 28.8. The van der Waals surface area contributed by atoms with E-state index in [-0.39, 0.29) is 12.5 Å². The maximum atomic E-state index is 11.1. The van der Waals surface area contributed by atoms with Gasteiger partial charge in [-0.15, -0.1) is 0 Å². The lowest BCUT2D eigenvalue weighted by Crippen LogP contribution is -2.26. The molecule has 4 heteroatoms. The van der Waals surface area contributed by atoms with E-state index in [1.54, 1.807) is 6.07 Å². The molecule has 0 spiro atoms. The Balaban J connectivity index is 2.30. The van der Waals surface area contributed by atoms with E-state index in [9.17, 15) is 4.79 Å². The van der Waals surface area contributed by atoms with Crippen LogP contribution in [0.4, 0.5) is 0 Å². The van der Waals surface area contributed by atoms with Crippen LogP contribution in [0, 0.1) is 5.41 Å². The van der Waals surface area contributed by atoms with Crippen molar-refractivity contribution in [2.75, 3.05) is 6.54 Å². The summed E-state index contributed by atoms with van der Waals surface area (Å²) in [5.74, 6) is -0.858. The van der Waals surface area contributed by atoms with Crippen LogP contribution >= 0.6 is 11.6 Å². The van der Waals surface area contributed by atoms with Crippen molar-refractivity contribution in [3.63, 3.8) is 0 Å². The van der Waals surface area contributed by atoms with Crippen molar-refractivity contribution in [1.29, 1.82) is 0 Å². The number of rotatable bonds is 3. The number of carbonyl (C=O) groups is 1. The Bertz CT molecular complexity index is 407. The van der Waals surface area contributed by atoms with Crippen LogP contribution in [0.25, 0.3) is 0 Å². The van der Waals surface area contributed by atoms with Gasteiger partial charge in [0.1, 0.15) is 0 Å². The third-order valence-electron chi connectivity index (χ3n) is 3.15. The average molecular weight is 226 g/mol.